The lowest BCUT2D eigenvalue weighted by Gasteiger charge is -2.23. The summed E-state index contributed by atoms with van der Waals surface area (Å²) in [5.41, 5.74) is 1.04. The molecule has 0 spiro atoms. The molecule has 2 aromatic carbocycles. The number of nitrogens with one attached hydrogen (secondary N) is 1. The summed E-state index contributed by atoms with van der Waals surface area (Å²) in [6.45, 7) is 0. The van der Waals surface area contributed by atoms with Crippen molar-refractivity contribution < 1.29 is 13.2 Å². The van der Waals surface area contributed by atoms with E-state index in [1.165, 1.54) is 42.7 Å². The van der Waals surface area contributed by atoms with E-state index in [0.717, 1.165) is 12.3 Å². The van der Waals surface area contributed by atoms with E-state index in [1.807, 2.05) is 0 Å². The molecule has 0 aliphatic heterocycles. The summed E-state index contributed by atoms with van der Waals surface area (Å²) >= 11 is 5.84. The molecule has 5 nitrogen and oxygen atoms in total. The van der Waals surface area contributed by atoms with Crippen LogP contribution in [0.15, 0.2) is 53.4 Å². The summed E-state index contributed by atoms with van der Waals surface area (Å²) in [5, 5.41) is 3.63. The van der Waals surface area contributed by atoms with Crippen molar-refractivity contribution in [3.8, 4) is 0 Å². The van der Waals surface area contributed by atoms with Gasteiger partial charge in [0, 0.05) is 23.7 Å². The maximum absolute atomic E-state index is 12.8. The van der Waals surface area contributed by atoms with Crippen LogP contribution in [-0.4, -0.2) is 27.4 Å². The van der Waals surface area contributed by atoms with Gasteiger partial charge in [0.2, 0.25) is 0 Å². The van der Waals surface area contributed by atoms with Crippen molar-refractivity contribution in [3.63, 3.8) is 0 Å². The number of hydrogen-bond acceptors (Lipinski definition) is 3. The molecule has 2 fully saturated rings. The van der Waals surface area contributed by atoms with Crippen LogP contribution in [0, 0.1) is 11.8 Å². The molecule has 3 atom stereocenters. The van der Waals surface area contributed by atoms with Crippen LogP contribution in [0.5, 0.6) is 0 Å². The summed E-state index contributed by atoms with van der Waals surface area (Å²) in [4.78, 5) is 12.7. The van der Waals surface area contributed by atoms with Gasteiger partial charge in [-0.2, -0.15) is 0 Å². The second kappa shape index (κ2) is 7.41. The molecule has 2 aliphatic rings. The second-order valence-electron chi connectivity index (χ2n) is 7.73. The van der Waals surface area contributed by atoms with E-state index in [1.54, 1.807) is 36.4 Å². The number of nitrogens with zero attached hydrogens (tertiary/aromatic N) is 1. The first-order chi connectivity index (χ1) is 13.3. The second-order valence-corrected chi connectivity index (χ2v) is 10.1. The number of amides is 1. The first-order valence-electron chi connectivity index (χ1n) is 9.50. The predicted octanol–water partition coefficient (Wildman–Crippen LogP) is 4.08. The zero-order valence-corrected chi connectivity index (χ0v) is 17.2. The molecule has 1 N–H and O–H groups in total. The van der Waals surface area contributed by atoms with E-state index < -0.39 is 10.0 Å². The van der Waals surface area contributed by atoms with Gasteiger partial charge < -0.3 is 5.32 Å². The van der Waals surface area contributed by atoms with Crippen molar-refractivity contribution in [3.05, 3.63) is 59.1 Å². The number of hydrogen-bond donors (Lipinski definition) is 1. The fourth-order valence-corrected chi connectivity index (χ4v) is 5.72. The minimum atomic E-state index is -3.69. The minimum Gasteiger partial charge on any atom is -0.349 e. The minimum absolute atomic E-state index is 0.0905. The van der Waals surface area contributed by atoms with Crippen molar-refractivity contribution >= 4 is 33.2 Å². The quantitative estimate of drug-likeness (QED) is 0.795. The fourth-order valence-electron chi connectivity index (χ4n) is 4.40. The SMILES string of the molecule is CN(c1ccc(C(=O)N[C@H]2C[C@H]3CC[C@H]2C3)cc1)S(=O)(=O)c1ccc(Cl)cc1. The summed E-state index contributed by atoms with van der Waals surface area (Å²) in [7, 11) is -2.20. The molecule has 0 heterocycles. The number of carbonyl (C=O) groups is 1. The summed E-state index contributed by atoms with van der Waals surface area (Å²) in [6.07, 6.45) is 4.82. The van der Waals surface area contributed by atoms with Crippen molar-refractivity contribution in [1.29, 1.82) is 0 Å². The Hall–Kier alpha value is -2.05. The molecule has 1 amide bonds. The molecule has 0 unspecified atom stereocenters. The molecule has 2 aliphatic carbocycles. The van der Waals surface area contributed by atoms with E-state index >= 15 is 0 Å². The third-order valence-corrected chi connectivity index (χ3v) is 8.07. The van der Waals surface area contributed by atoms with E-state index in [-0.39, 0.29) is 16.8 Å². The summed E-state index contributed by atoms with van der Waals surface area (Å²) < 4.78 is 26.7. The molecule has 148 valence electrons. The Labute approximate surface area is 170 Å². The lowest BCUT2D eigenvalue weighted by molar-refractivity contribution is 0.0923. The molecule has 0 radical (unpaired) electrons. The van der Waals surface area contributed by atoms with Crippen LogP contribution in [0.25, 0.3) is 0 Å². The first kappa shape index (κ1) is 19.3. The maximum Gasteiger partial charge on any atom is 0.264 e. The van der Waals surface area contributed by atoms with Crippen LogP contribution in [0.1, 0.15) is 36.0 Å². The van der Waals surface area contributed by atoms with E-state index in [0.29, 0.717) is 22.2 Å². The molecule has 2 bridgehead atoms. The van der Waals surface area contributed by atoms with Crippen LogP contribution >= 0.6 is 11.6 Å². The molecule has 7 heteroatoms. The van der Waals surface area contributed by atoms with Gasteiger partial charge in [0.1, 0.15) is 0 Å². The van der Waals surface area contributed by atoms with Gasteiger partial charge in [-0.25, -0.2) is 8.42 Å². The number of halogens is 1. The maximum atomic E-state index is 12.8. The lowest BCUT2D eigenvalue weighted by Crippen LogP contribution is -2.38. The third kappa shape index (κ3) is 3.63. The Morgan fingerprint density at radius 3 is 2.29 bits per heavy atom. The Balaban J connectivity index is 1.46. The highest BCUT2D eigenvalue weighted by Crippen LogP contribution is 2.44. The molecule has 28 heavy (non-hydrogen) atoms. The largest absolute Gasteiger partial charge is 0.349 e. The molecule has 2 aromatic rings. The first-order valence-corrected chi connectivity index (χ1v) is 11.3. The summed E-state index contributed by atoms with van der Waals surface area (Å²) in [6, 6.07) is 13.0. The monoisotopic (exact) mass is 418 g/mol. The Morgan fingerprint density at radius 2 is 1.71 bits per heavy atom. The van der Waals surface area contributed by atoms with Crippen molar-refractivity contribution in [2.24, 2.45) is 11.8 Å². The Bertz CT molecular complexity index is 974. The predicted molar refractivity (Wildman–Crippen MR) is 110 cm³/mol. The number of benzene rings is 2. The average Bonchev–Trinajstić information content (AvgIpc) is 3.31. The van der Waals surface area contributed by atoms with Crippen molar-refractivity contribution in [2.45, 2.75) is 36.6 Å². The van der Waals surface area contributed by atoms with Crippen LogP contribution in [0.4, 0.5) is 5.69 Å². The highest BCUT2D eigenvalue weighted by atomic mass is 35.5. The van der Waals surface area contributed by atoms with Gasteiger partial charge >= 0.3 is 0 Å². The summed E-state index contributed by atoms with van der Waals surface area (Å²) in [5.74, 6) is 1.29. The van der Waals surface area contributed by atoms with E-state index in [2.05, 4.69) is 5.32 Å². The van der Waals surface area contributed by atoms with Crippen LogP contribution in [0.2, 0.25) is 5.02 Å². The van der Waals surface area contributed by atoms with Gasteiger partial charge in [-0.1, -0.05) is 18.0 Å². The smallest absolute Gasteiger partial charge is 0.264 e. The average molecular weight is 419 g/mol. The molecule has 4 rings (SSSR count). The highest BCUT2D eigenvalue weighted by molar-refractivity contribution is 7.92. The zero-order chi connectivity index (χ0) is 19.9. The number of anilines is 1. The van der Waals surface area contributed by atoms with Gasteiger partial charge in [-0.15, -0.1) is 0 Å². The molecule has 0 saturated heterocycles. The lowest BCUT2D eigenvalue weighted by atomic mass is 9.95. The number of sulfonamides is 1. The topological polar surface area (TPSA) is 66.5 Å². The van der Waals surface area contributed by atoms with Gasteiger partial charge in [-0.3, -0.25) is 9.10 Å². The molecular weight excluding hydrogens is 396 g/mol. The Morgan fingerprint density at radius 1 is 1.04 bits per heavy atom. The van der Waals surface area contributed by atoms with E-state index in [4.69, 9.17) is 11.6 Å². The van der Waals surface area contributed by atoms with Gasteiger partial charge in [0.05, 0.1) is 10.6 Å². The molecular formula is C21H23ClN2O3S. The highest BCUT2D eigenvalue weighted by Gasteiger charge is 2.40. The Kier molecular flexibility index (Phi) is 5.10. The van der Waals surface area contributed by atoms with Crippen molar-refractivity contribution in [1.82, 2.24) is 5.32 Å². The van der Waals surface area contributed by atoms with Crippen LogP contribution in [0.3, 0.4) is 0 Å². The fraction of sp³-hybridized carbons (Fsp3) is 0.381. The zero-order valence-electron chi connectivity index (χ0n) is 15.6. The van der Waals surface area contributed by atoms with E-state index in [9.17, 15) is 13.2 Å². The van der Waals surface area contributed by atoms with Crippen molar-refractivity contribution in [2.75, 3.05) is 11.4 Å². The number of rotatable bonds is 5. The van der Waals surface area contributed by atoms with Crippen LogP contribution in [-0.2, 0) is 10.0 Å². The number of carbonyl (C=O) groups excluding carboxylic acids is 1. The van der Waals surface area contributed by atoms with Crippen LogP contribution < -0.4 is 9.62 Å². The molecule has 2 saturated carbocycles. The third-order valence-electron chi connectivity index (χ3n) is 6.02. The standard InChI is InChI=1S/C21H23ClN2O3S/c1-24(28(26,27)19-10-6-17(22)7-11-19)18-8-4-15(5-9-18)21(25)23-20-13-14-2-3-16(20)12-14/h4-11,14,16,20H,2-3,12-13H2,1H3,(H,23,25)/t14-,16-,20-/m0/s1. The number of fused-ring (bicyclic) bond motifs is 2. The van der Waals surface area contributed by atoms with Gasteiger partial charge in [0.25, 0.3) is 15.9 Å². The normalized spacial score (nSPS) is 23.6. The van der Waals surface area contributed by atoms with Gasteiger partial charge in [0.15, 0.2) is 0 Å². The van der Waals surface area contributed by atoms with Gasteiger partial charge in [-0.05, 0) is 79.6 Å². The molecule has 0 aromatic heterocycles.